The predicted octanol–water partition coefficient (Wildman–Crippen LogP) is 1.05. The molecule has 7 atom stereocenters. The average molecular weight is 410 g/mol. The second kappa shape index (κ2) is 10.6. The van der Waals surface area contributed by atoms with E-state index in [-0.39, 0.29) is 0 Å². The number of hydrogen-bond acceptors (Lipinski definition) is 7. The van der Waals surface area contributed by atoms with Crippen molar-refractivity contribution in [2.24, 2.45) is 0 Å². The van der Waals surface area contributed by atoms with Gasteiger partial charge in [-0.2, -0.15) is 0 Å². The smallest absolute Gasteiger partial charge is 0.331 e. The minimum Gasteiger partial charge on any atom is -0.387 e. The van der Waals surface area contributed by atoms with E-state index in [1.54, 1.807) is 0 Å². The van der Waals surface area contributed by atoms with Gasteiger partial charge < -0.3 is 30.4 Å². The minimum atomic E-state index is -4.21. The first-order chi connectivity index (χ1) is 12.8. The lowest BCUT2D eigenvalue weighted by Crippen LogP contribution is -2.64. The maximum absolute atomic E-state index is 12.9. The summed E-state index contributed by atoms with van der Waals surface area (Å²) in [4.78, 5) is 10.6. The van der Waals surface area contributed by atoms with Crippen LogP contribution < -0.4 is 0 Å². The molecule has 0 saturated heterocycles. The summed E-state index contributed by atoms with van der Waals surface area (Å²) in [6.07, 6.45) is -0.110. The summed E-state index contributed by atoms with van der Waals surface area (Å²) in [5, 5.41) is 49.4. The topological polar surface area (TPSA) is 148 Å². The zero-order valence-electron chi connectivity index (χ0n) is 15.8. The Morgan fingerprint density at radius 3 is 1.33 bits per heavy atom. The van der Waals surface area contributed by atoms with Gasteiger partial charge in [0, 0.05) is 0 Å². The second-order valence-corrected chi connectivity index (χ2v) is 10.1. The summed E-state index contributed by atoms with van der Waals surface area (Å²) < 4.78 is 18.2. The molecule has 27 heavy (non-hydrogen) atoms. The van der Waals surface area contributed by atoms with E-state index in [0.717, 1.165) is 38.5 Å². The number of aliphatic hydroxyl groups is 5. The third kappa shape index (κ3) is 6.21. The van der Waals surface area contributed by atoms with Gasteiger partial charge >= 0.3 is 7.60 Å². The molecule has 2 aliphatic rings. The van der Waals surface area contributed by atoms with Crippen molar-refractivity contribution in [1.29, 1.82) is 0 Å². The molecule has 0 bridgehead atoms. The Morgan fingerprint density at radius 2 is 0.926 bits per heavy atom. The van der Waals surface area contributed by atoms with Crippen LogP contribution in [0.4, 0.5) is 0 Å². The van der Waals surface area contributed by atoms with Crippen LogP contribution >= 0.6 is 7.60 Å². The van der Waals surface area contributed by atoms with Crippen LogP contribution in [0.3, 0.4) is 0 Å². The van der Waals surface area contributed by atoms with Gasteiger partial charge in [0.15, 0.2) is 0 Å². The first-order valence-corrected chi connectivity index (χ1v) is 11.8. The van der Waals surface area contributed by atoms with Gasteiger partial charge in [0.25, 0.3) is 0 Å². The molecule has 2 fully saturated rings. The fraction of sp³-hybridized carbons (Fsp3) is 1.00. The standard InChI is InChI=1S/C18H35O8P/c19-13-14(20)16(22)18(17(23)15(13)21)26-27(24,25)12-10-8-6-4-2-1-3-5-7-9-11-12/h12-23H,1-11H2,(H,24,25)/t13?,14-,15+,16-,17-,18?/m0/s1. The van der Waals surface area contributed by atoms with Gasteiger partial charge in [-0.05, 0) is 12.8 Å². The Hall–Kier alpha value is -0.0500. The highest BCUT2D eigenvalue weighted by Crippen LogP contribution is 2.54. The third-order valence-electron chi connectivity index (χ3n) is 5.88. The van der Waals surface area contributed by atoms with E-state index >= 15 is 0 Å². The van der Waals surface area contributed by atoms with Crippen LogP contribution in [0.25, 0.3) is 0 Å². The molecule has 0 aliphatic heterocycles. The zero-order chi connectivity index (χ0) is 20.0. The molecule has 0 radical (unpaired) electrons. The summed E-state index contributed by atoms with van der Waals surface area (Å²) in [5.74, 6) is 0. The van der Waals surface area contributed by atoms with Gasteiger partial charge in [0.05, 0.1) is 5.66 Å². The summed E-state index contributed by atoms with van der Waals surface area (Å²) >= 11 is 0. The molecule has 0 spiro atoms. The van der Waals surface area contributed by atoms with Crippen molar-refractivity contribution in [3.63, 3.8) is 0 Å². The summed E-state index contributed by atoms with van der Waals surface area (Å²) in [7, 11) is -4.21. The molecule has 9 heteroatoms. The average Bonchev–Trinajstić information content (AvgIpc) is 2.62. The van der Waals surface area contributed by atoms with Crippen molar-refractivity contribution in [3.05, 3.63) is 0 Å². The van der Waals surface area contributed by atoms with Crippen molar-refractivity contribution in [1.82, 2.24) is 0 Å². The van der Waals surface area contributed by atoms with Gasteiger partial charge in [-0.25, -0.2) is 0 Å². The molecule has 0 heterocycles. The van der Waals surface area contributed by atoms with E-state index in [4.69, 9.17) is 4.52 Å². The molecule has 160 valence electrons. The van der Waals surface area contributed by atoms with Crippen molar-refractivity contribution in [3.8, 4) is 0 Å². The highest BCUT2D eigenvalue weighted by molar-refractivity contribution is 7.53. The van der Waals surface area contributed by atoms with E-state index < -0.39 is 49.9 Å². The molecule has 0 aromatic rings. The maximum atomic E-state index is 12.9. The summed E-state index contributed by atoms with van der Waals surface area (Å²) in [6.45, 7) is 0. The molecule has 3 unspecified atom stereocenters. The van der Waals surface area contributed by atoms with Crippen LogP contribution in [0, 0.1) is 0 Å². The molecule has 0 aromatic heterocycles. The first kappa shape index (κ1) is 23.2. The zero-order valence-corrected chi connectivity index (χ0v) is 16.7. The fourth-order valence-corrected chi connectivity index (χ4v) is 5.84. The number of rotatable bonds is 3. The Morgan fingerprint density at radius 1 is 0.593 bits per heavy atom. The van der Waals surface area contributed by atoms with Crippen LogP contribution in [0.1, 0.15) is 70.6 Å². The first-order valence-electron chi connectivity index (χ1n) is 10.2. The SMILES string of the molecule is O=P(O)(OC1[C@@H](O)[C@H](O)C(O)[C@H](O)[C@@H]1O)C1CCCCCCCCCCC1. The fourth-order valence-electron chi connectivity index (χ4n) is 4.05. The monoisotopic (exact) mass is 410 g/mol. The van der Waals surface area contributed by atoms with Gasteiger partial charge in [0.2, 0.25) is 0 Å². The summed E-state index contributed by atoms with van der Waals surface area (Å²) in [6, 6.07) is 0. The van der Waals surface area contributed by atoms with Crippen molar-refractivity contribution in [2.75, 3.05) is 0 Å². The van der Waals surface area contributed by atoms with Crippen LogP contribution in [0.5, 0.6) is 0 Å². The van der Waals surface area contributed by atoms with Crippen molar-refractivity contribution >= 4 is 7.60 Å². The minimum absolute atomic E-state index is 0.514. The van der Waals surface area contributed by atoms with Gasteiger partial charge in [0.1, 0.15) is 36.6 Å². The lowest BCUT2D eigenvalue weighted by molar-refractivity contribution is -0.218. The van der Waals surface area contributed by atoms with E-state index in [9.17, 15) is 35.0 Å². The lowest BCUT2D eigenvalue weighted by Gasteiger charge is -2.42. The normalized spacial score (nSPS) is 40.5. The van der Waals surface area contributed by atoms with Gasteiger partial charge in [-0.1, -0.05) is 57.8 Å². The highest BCUT2D eigenvalue weighted by Gasteiger charge is 2.51. The van der Waals surface area contributed by atoms with Crippen LogP contribution in [-0.2, 0) is 9.09 Å². The molecular formula is C18H35O8P. The molecule has 2 saturated carbocycles. The second-order valence-electron chi connectivity index (χ2n) is 8.00. The third-order valence-corrected chi connectivity index (χ3v) is 7.87. The Labute approximate surface area is 160 Å². The molecule has 8 nitrogen and oxygen atoms in total. The van der Waals surface area contributed by atoms with E-state index in [0.29, 0.717) is 12.8 Å². The van der Waals surface area contributed by atoms with E-state index in [1.165, 1.54) is 19.3 Å². The van der Waals surface area contributed by atoms with E-state index in [2.05, 4.69) is 0 Å². The highest BCUT2D eigenvalue weighted by atomic mass is 31.2. The Kier molecular flexibility index (Phi) is 9.16. The Balaban J connectivity index is 2.05. The van der Waals surface area contributed by atoms with Gasteiger partial charge in [-0.15, -0.1) is 0 Å². The number of hydrogen-bond donors (Lipinski definition) is 6. The molecule has 2 aliphatic carbocycles. The van der Waals surface area contributed by atoms with Crippen molar-refractivity contribution in [2.45, 2.75) is 113 Å². The van der Waals surface area contributed by atoms with Crippen LogP contribution in [-0.4, -0.2) is 72.7 Å². The Bertz CT molecular complexity index is 462. The number of aliphatic hydroxyl groups excluding tert-OH is 5. The molecule has 6 N–H and O–H groups in total. The van der Waals surface area contributed by atoms with Gasteiger partial charge in [-0.3, -0.25) is 9.09 Å². The molecule has 0 aromatic carbocycles. The maximum Gasteiger partial charge on any atom is 0.331 e. The largest absolute Gasteiger partial charge is 0.387 e. The van der Waals surface area contributed by atoms with E-state index in [1.807, 2.05) is 0 Å². The lowest BCUT2D eigenvalue weighted by atomic mass is 9.85. The molecular weight excluding hydrogens is 375 g/mol. The molecule has 2 rings (SSSR count). The summed E-state index contributed by atoms with van der Waals surface area (Å²) in [5.41, 5.74) is -0.613. The van der Waals surface area contributed by atoms with Crippen LogP contribution in [0.15, 0.2) is 0 Å². The van der Waals surface area contributed by atoms with Crippen molar-refractivity contribution < 1.29 is 39.5 Å². The predicted molar refractivity (Wildman–Crippen MR) is 99.3 cm³/mol. The van der Waals surface area contributed by atoms with Crippen LogP contribution in [0.2, 0.25) is 0 Å². The molecule has 0 amide bonds. The quantitative estimate of drug-likeness (QED) is 0.378.